The van der Waals surface area contributed by atoms with Crippen LogP contribution in [0.3, 0.4) is 0 Å². The molecule has 0 radical (unpaired) electrons. The lowest BCUT2D eigenvalue weighted by Crippen LogP contribution is -2.21. The second kappa shape index (κ2) is 6.50. The van der Waals surface area contributed by atoms with Gasteiger partial charge in [-0.25, -0.2) is 4.98 Å². The molecule has 3 nitrogen and oxygen atoms in total. The first-order chi connectivity index (χ1) is 8.70. The highest BCUT2D eigenvalue weighted by Crippen LogP contribution is 2.27. The molecule has 2 aromatic rings. The van der Waals surface area contributed by atoms with Crippen LogP contribution in [0, 0.1) is 0 Å². The van der Waals surface area contributed by atoms with Crippen molar-refractivity contribution in [2.45, 2.75) is 25.8 Å². The summed E-state index contributed by atoms with van der Waals surface area (Å²) in [6.07, 6.45) is 5.92. The molecule has 0 aliphatic carbocycles. The van der Waals surface area contributed by atoms with E-state index in [-0.39, 0.29) is 0 Å². The van der Waals surface area contributed by atoms with Gasteiger partial charge in [0, 0.05) is 31.9 Å². The topological polar surface area (TPSA) is 29.9 Å². The van der Waals surface area contributed by atoms with E-state index in [9.17, 15) is 0 Å². The summed E-state index contributed by atoms with van der Waals surface area (Å²) in [6, 6.07) is 2.62. The molecule has 98 valence electrons. The van der Waals surface area contributed by atoms with Crippen molar-refractivity contribution in [3.63, 3.8) is 0 Å². The standard InChI is InChI=1S/C13H18BrN3S/c1-3-15-11(10-8-12(14)18-9-10)4-5-13-16-6-7-17(13)2/h6-9,11,15H,3-5H2,1-2H3. The van der Waals surface area contributed by atoms with Crippen molar-refractivity contribution in [3.8, 4) is 0 Å². The molecule has 1 N–H and O–H groups in total. The molecular formula is C13H18BrN3S. The number of halogens is 1. The van der Waals surface area contributed by atoms with Crippen molar-refractivity contribution in [2.75, 3.05) is 6.54 Å². The Labute approximate surface area is 120 Å². The fourth-order valence-electron chi connectivity index (χ4n) is 2.05. The Kier molecular flexibility index (Phi) is 4.97. The van der Waals surface area contributed by atoms with E-state index in [0.717, 1.165) is 25.2 Å². The highest BCUT2D eigenvalue weighted by molar-refractivity contribution is 9.11. The summed E-state index contributed by atoms with van der Waals surface area (Å²) in [5.74, 6) is 1.15. The van der Waals surface area contributed by atoms with Gasteiger partial charge in [-0.05, 0) is 45.9 Å². The fourth-order valence-corrected chi connectivity index (χ4v) is 3.28. The van der Waals surface area contributed by atoms with E-state index in [2.05, 4.69) is 49.2 Å². The molecule has 0 saturated carbocycles. The molecule has 0 aliphatic rings. The quantitative estimate of drug-likeness (QED) is 0.879. The lowest BCUT2D eigenvalue weighted by Gasteiger charge is -2.16. The van der Waals surface area contributed by atoms with Gasteiger partial charge in [-0.15, -0.1) is 11.3 Å². The van der Waals surface area contributed by atoms with Crippen LogP contribution in [-0.2, 0) is 13.5 Å². The van der Waals surface area contributed by atoms with E-state index in [1.807, 2.05) is 19.4 Å². The van der Waals surface area contributed by atoms with Crippen LogP contribution in [0.4, 0.5) is 0 Å². The van der Waals surface area contributed by atoms with Gasteiger partial charge in [-0.3, -0.25) is 0 Å². The largest absolute Gasteiger partial charge is 0.338 e. The Bertz CT molecular complexity index is 492. The Morgan fingerprint density at radius 3 is 2.94 bits per heavy atom. The number of rotatable bonds is 6. The summed E-state index contributed by atoms with van der Waals surface area (Å²) < 4.78 is 3.28. The number of aromatic nitrogens is 2. The van der Waals surface area contributed by atoms with Gasteiger partial charge in [0.1, 0.15) is 5.82 Å². The lowest BCUT2D eigenvalue weighted by molar-refractivity contribution is 0.507. The van der Waals surface area contributed by atoms with Crippen LogP contribution < -0.4 is 5.32 Å². The fraction of sp³-hybridized carbons (Fsp3) is 0.462. The van der Waals surface area contributed by atoms with Crippen LogP contribution in [0.25, 0.3) is 0 Å². The Morgan fingerprint density at radius 1 is 1.56 bits per heavy atom. The SMILES string of the molecule is CCNC(CCc1nccn1C)c1csc(Br)c1. The van der Waals surface area contributed by atoms with E-state index in [1.54, 1.807) is 11.3 Å². The molecule has 1 unspecified atom stereocenters. The number of aryl methyl sites for hydroxylation is 2. The number of hydrogen-bond acceptors (Lipinski definition) is 3. The maximum atomic E-state index is 4.38. The molecule has 18 heavy (non-hydrogen) atoms. The molecule has 0 spiro atoms. The van der Waals surface area contributed by atoms with Gasteiger partial charge in [0.05, 0.1) is 3.79 Å². The average molecular weight is 328 g/mol. The van der Waals surface area contributed by atoms with Gasteiger partial charge in [0.15, 0.2) is 0 Å². The minimum Gasteiger partial charge on any atom is -0.338 e. The van der Waals surface area contributed by atoms with Gasteiger partial charge in [0.25, 0.3) is 0 Å². The van der Waals surface area contributed by atoms with Crippen molar-refractivity contribution >= 4 is 27.3 Å². The van der Waals surface area contributed by atoms with E-state index in [4.69, 9.17) is 0 Å². The minimum absolute atomic E-state index is 0.411. The van der Waals surface area contributed by atoms with Crippen molar-refractivity contribution in [1.82, 2.24) is 14.9 Å². The minimum atomic E-state index is 0.411. The molecule has 0 saturated heterocycles. The van der Waals surface area contributed by atoms with Crippen LogP contribution in [-0.4, -0.2) is 16.1 Å². The van der Waals surface area contributed by atoms with Gasteiger partial charge >= 0.3 is 0 Å². The molecule has 1 atom stereocenters. The third kappa shape index (κ3) is 3.43. The molecule has 2 aromatic heterocycles. The van der Waals surface area contributed by atoms with E-state index in [0.29, 0.717) is 6.04 Å². The van der Waals surface area contributed by atoms with Crippen LogP contribution in [0.5, 0.6) is 0 Å². The summed E-state index contributed by atoms with van der Waals surface area (Å²) in [6.45, 7) is 3.13. The molecule has 0 aliphatic heterocycles. The Hall–Kier alpha value is -0.650. The second-order valence-electron chi connectivity index (χ2n) is 4.29. The normalized spacial score (nSPS) is 12.8. The molecule has 0 fully saturated rings. The monoisotopic (exact) mass is 327 g/mol. The van der Waals surface area contributed by atoms with Crippen LogP contribution in [0.1, 0.15) is 30.8 Å². The first-order valence-corrected chi connectivity index (χ1v) is 7.81. The molecule has 2 heterocycles. The van der Waals surface area contributed by atoms with Crippen LogP contribution in [0.2, 0.25) is 0 Å². The van der Waals surface area contributed by atoms with Crippen LogP contribution >= 0.6 is 27.3 Å². The molecular weight excluding hydrogens is 310 g/mol. The number of thiophene rings is 1. The third-order valence-corrected chi connectivity index (χ3v) is 4.54. The first kappa shape index (κ1) is 13.8. The summed E-state index contributed by atoms with van der Waals surface area (Å²) in [7, 11) is 2.05. The first-order valence-electron chi connectivity index (χ1n) is 6.14. The highest BCUT2D eigenvalue weighted by atomic mass is 79.9. The molecule has 2 rings (SSSR count). The zero-order valence-corrected chi connectivity index (χ0v) is 13.1. The summed E-state index contributed by atoms with van der Waals surface area (Å²) >= 11 is 5.27. The number of nitrogens with one attached hydrogen (secondary N) is 1. The number of imidazole rings is 1. The lowest BCUT2D eigenvalue weighted by atomic mass is 10.1. The summed E-state index contributed by atoms with van der Waals surface area (Å²) in [4.78, 5) is 4.38. The van der Waals surface area contributed by atoms with E-state index >= 15 is 0 Å². The predicted octanol–water partition coefficient (Wildman–Crippen LogP) is 3.53. The molecule has 0 bridgehead atoms. The predicted molar refractivity (Wildman–Crippen MR) is 80.0 cm³/mol. The Balaban J connectivity index is 2.01. The summed E-state index contributed by atoms with van der Waals surface area (Å²) in [5, 5.41) is 5.76. The third-order valence-electron chi connectivity index (χ3n) is 3.02. The van der Waals surface area contributed by atoms with Crippen LogP contribution in [0.15, 0.2) is 27.6 Å². The summed E-state index contributed by atoms with van der Waals surface area (Å²) in [5.41, 5.74) is 1.36. The number of nitrogens with zero attached hydrogens (tertiary/aromatic N) is 2. The van der Waals surface area contributed by atoms with Gasteiger partial charge < -0.3 is 9.88 Å². The maximum Gasteiger partial charge on any atom is 0.108 e. The van der Waals surface area contributed by atoms with E-state index in [1.165, 1.54) is 9.35 Å². The van der Waals surface area contributed by atoms with Gasteiger partial charge in [-0.1, -0.05) is 6.92 Å². The van der Waals surface area contributed by atoms with Crippen molar-refractivity contribution in [3.05, 3.63) is 39.0 Å². The van der Waals surface area contributed by atoms with Crippen molar-refractivity contribution in [1.29, 1.82) is 0 Å². The van der Waals surface area contributed by atoms with Crippen molar-refractivity contribution in [2.24, 2.45) is 7.05 Å². The smallest absolute Gasteiger partial charge is 0.108 e. The maximum absolute atomic E-state index is 4.38. The molecule has 0 aromatic carbocycles. The Morgan fingerprint density at radius 2 is 2.39 bits per heavy atom. The molecule has 0 amide bonds. The van der Waals surface area contributed by atoms with Gasteiger partial charge in [-0.2, -0.15) is 0 Å². The second-order valence-corrected chi connectivity index (χ2v) is 6.58. The molecule has 5 heteroatoms. The van der Waals surface area contributed by atoms with E-state index < -0.39 is 0 Å². The van der Waals surface area contributed by atoms with Gasteiger partial charge in [0.2, 0.25) is 0 Å². The van der Waals surface area contributed by atoms with Crippen molar-refractivity contribution < 1.29 is 0 Å². The average Bonchev–Trinajstić information content (AvgIpc) is 2.94. The zero-order valence-electron chi connectivity index (χ0n) is 10.7. The zero-order chi connectivity index (χ0) is 13.0. The number of hydrogen-bond donors (Lipinski definition) is 1. The highest BCUT2D eigenvalue weighted by Gasteiger charge is 2.13.